The first-order valence-corrected chi connectivity index (χ1v) is 4.91. The van der Waals surface area contributed by atoms with Crippen molar-refractivity contribution < 1.29 is 14.3 Å². The molecule has 0 aromatic heterocycles. The highest BCUT2D eigenvalue weighted by Gasteiger charge is 2.25. The minimum atomic E-state index is -0.996. The van der Waals surface area contributed by atoms with Crippen LogP contribution in [-0.2, 0) is 9.47 Å². The van der Waals surface area contributed by atoms with Gasteiger partial charge in [-0.1, -0.05) is 0 Å². The van der Waals surface area contributed by atoms with Crippen LogP contribution < -0.4 is 0 Å². The van der Waals surface area contributed by atoms with Crippen LogP contribution in [0.2, 0.25) is 0 Å². The molecule has 1 unspecified atom stereocenters. The fraction of sp³-hybridized carbons (Fsp3) is 0.875. The molecular weight excluding hydrogens is 215 g/mol. The van der Waals surface area contributed by atoms with Gasteiger partial charge in [-0.25, -0.2) is 4.79 Å². The van der Waals surface area contributed by atoms with E-state index in [1.54, 1.807) is 13.8 Å². The Hall–Kier alpha value is 0.01000. The van der Waals surface area contributed by atoms with Gasteiger partial charge in [-0.3, -0.25) is 0 Å². The molecule has 1 atom stereocenters. The Morgan fingerprint density at radius 1 is 1.54 bits per heavy atom. The molecule has 0 saturated heterocycles. The zero-order valence-electron chi connectivity index (χ0n) is 7.97. The second-order valence-electron chi connectivity index (χ2n) is 3.15. The van der Waals surface area contributed by atoms with Gasteiger partial charge in [-0.2, -0.15) is 0 Å². The molecule has 0 aliphatic rings. The summed E-state index contributed by atoms with van der Waals surface area (Å²) in [5.41, 5.74) is -0.872. The first-order chi connectivity index (χ1) is 5.87. The molecule has 0 bridgehead atoms. The summed E-state index contributed by atoms with van der Waals surface area (Å²) in [6.07, 6.45) is 0.633. The molecule has 3 nitrogen and oxygen atoms in total. The molecule has 0 radical (unpaired) electrons. The van der Waals surface area contributed by atoms with Gasteiger partial charge < -0.3 is 9.47 Å². The van der Waals surface area contributed by atoms with Crippen molar-refractivity contribution in [3.05, 3.63) is 0 Å². The van der Waals surface area contributed by atoms with E-state index in [2.05, 4.69) is 0 Å². The molecular formula is C8H14Cl2O3. The molecule has 0 heterocycles. The molecule has 0 N–H and O–H groups in total. The highest BCUT2D eigenvalue weighted by atomic mass is 35.5. The molecule has 0 aromatic carbocycles. The number of ether oxygens (including phenoxy) is 2. The van der Waals surface area contributed by atoms with Crippen molar-refractivity contribution in [1.29, 1.82) is 0 Å². The molecule has 0 aromatic rings. The summed E-state index contributed by atoms with van der Waals surface area (Å²) < 4.78 is 10.1. The lowest BCUT2D eigenvalue weighted by molar-refractivity contribution is -0.196. The normalized spacial score (nSPS) is 13.9. The molecule has 0 amide bonds. The van der Waals surface area contributed by atoms with E-state index >= 15 is 0 Å². The van der Waals surface area contributed by atoms with E-state index in [0.29, 0.717) is 12.3 Å². The number of carbonyl (C=O) groups is 1. The van der Waals surface area contributed by atoms with Gasteiger partial charge in [0.25, 0.3) is 0 Å². The molecule has 0 aliphatic carbocycles. The summed E-state index contributed by atoms with van der Waals surface area (Å²) in [5, 5.41) is 0. The summed E-state index contributed by atoms with van der Waals surface area (Å²) in [6.45, 7) is 5.10. The molecule has 0 spiro atoms. The third kappa shape index (κ3) is 7.11. The number of hydrogen-bond donors (Lipinski definition) is 0. The molecule has 0 aliphatic heterocycles. The smallest absolute Gasteiger partial charge is 0.406 e. The SMILES string of the molecule is CC(CCCl)OC(C)(C)OC(=O)Cl. The van der Waals surface area contributed by atoms with Crippen LogP contribution >= 0.6 is 23.2 Å². The van der Waals surface area contributed by atoms with Gasteiger partial charge in [0.1, 0.15) is 0 Å². The van der Waals surface area contributed by atoms with Gasteiger partial charge in [0, 0.05) is 31.3 Å². The Morgan fingerprint density at radius 2 is 2.08 bits per heavy atom. The van der Waals surface area contributed by atoms with Crippen molar-refractivity contribution in [2.24, 2.45) is 0 Å². The van der Waals surface area contributed by atoms with Gasteiger partial charge in [-0.05, 0) is 13.3 Å². The largest absolute Gasteiger partial charge is 0.422 e. The van der Waals surface area contributed by atoms with E-state index in [9.17, 15) is 4.79 Å². The quantitative estimate of drug-likeness (QED) is 0.412. The Morgan fingerprint density at radius 3 is 2.46 bits per heavy atom. The van der Waals surface area contributed by atoms with Gasteiger partial charge in [-0.15, -0.1) is 11.6 Å². The zero-order chi connectivity index (χ0) is 10.5. The van der Waals surface area contributed by atoms with Gasteiger partial charge in [0.15, 0.2) is 0 Å². The number of alkyl halides is 1. The third-order valence-corrected chi connectivity index (χ3v) is 1.62. The monoisotopic (exact) mass is 228 g/mol. The second kappa shape index (κ2) is 5.68. The summed E-state index contributed by atoms with van der Waals surface area (Å²) >= 11 is 10.6. The van der Waals surface area contributed by atoms with E-state index in [0.717, 1.165) is 0 Å². The van der Waals surface area contributed by atoms with Crippen molar-refractivity contribution in [2.45, 2.75) is 39.1 Å². The van der Waals surface area contributed by atoms with Crippen LogP contribution in [0.25, 0.3) is 0 Å². The topological polar surface area (TPSA) is 35.5 Å². The van der Waals surface area contributed by atoms with Crippen molar-refractivity contribution in [3.8, 4) is 0 Å². The van der Waals surface area contributed by atoms with Crippen LogP contribution in [-0.4, -0.2) is 23.2 Å². The molecule has 5 heteroatoms. The van der Waals surface area contributed by atoms with Crippen LogP contribution in [0, 0.1) is 0 Å². The van der Waals surface area contributed by atoms with Crippen LogP contribution in [0.15, 0.2) is 0 Å². The highest BCUT2D eigenvalue weighted by Crippen LogP contribution is 2.17. The first-order valence-electron chi connectivity index (χ1n) is 3.99. The lowest BCUT2D eigenvalue weighted by atomic mass is 10.3. The first kappa shape index (κ1) is 13.0. The van der Waals surface area contributed by atoms with E-state index in [4.69, 9.17) is 32.7 Å². The maximum absolute atomic E-state index is 10.4. The molecule has 0 rings (SSSR count). The fourth-order valence-corrected chi connectivity index (χ4v) is 1.41. The summed E-state index contributed by atoms with van der Waals surface area (Å²) in [4.78, 5) is 10.4. The average Bonchev–Trinajstić information content (AvgIpc) is 1.81. The Bertz CT molecular complexity index is 171. The van der Waals surface area contributed by atoms with Crippen LogP contribution in [0.4, 0.5) is 4.79 Å². The fourth-order valence-electron chi connectivity index (χ4n) is 0.914. The van der Waals surface area contributed by atoms with E-state index in [1.807, 2.05) is 6.92 Å². The third-order valence-electron chi connectivity index (χ3n) is 1.33. The van der Waals surface area contributed by atoms with Gasteiger partial charge in [0.05, 0.1) is 6.10 Å². The Labute approximate surface area is 88.3 Å². The van der Waals surface area contributed by atoms with Crippen LogP contribution in [0.1, 0.15) is 27.2 Å². The maximum Gasteiger partial charge on any atom is 0.406 e. The van der Waals surface area contributed by atoms with Gasteiger partial charge in [0.2, 0.25) is 5.79 Å². The lowest BCUT2D eigenvalue weighted by Crippen LogP contribution is -2.33. The summed E-state index contributed by atoms with van der Waals surface area (Å²) in [7, 11) is 0. The lowest BCUT2D eigenvalue weighted by Gasteiger charge is -2.27. The minimum absolute atomic E-state index is 0.0662. The Balaban J connectivity index is 3.92. The zero-order valence-corrected chi connectivity index (χ0v) is 9.48. The van der Waals surface area contributed by atoms with Crippen LogP contribution in [0.5, 0.6) is 0 Å². The molecule has 13 heavy (non-hydrogen) atoms. The maximum atomic E-state index is 10.4. The van der Waals surface area contributed by atoms with Crippen molar-refractivity contribution in [3.63, 3.8) is 0 Å². The number of hydrogen-bond acceptors (Lipinski definition) is 3. The number of carbonyl (C=O) groups excluding carboxylic acids is 1. The van der Waals surface area contributed by atoms with E-state index in [1.165, 1.54) is 0 Å². The van der Waals surface area contributed by atoms with E-state index in [-0.39, 0.29) is 6.10 Å². The van der Waals surface area contributed by atoms with E-state index < -0.39 is 11.2 Å². The standard InChI is InChI=1S/C8H14Cl2O3/c1-6(4-5-9)12-8(2,3)13-7(10)11/h6H,4-5H2,1-3H3. The molecule has 78 valence electrons. The number of halogens is 2. The average molecular weight is 229 g/mol. The van der Waals surface area contributed by atoms with Gasteiger partial charge >= 0.3 is 5.43 Å². The number of rotatable bonds is 5. The van der Waals surface area contributed by atoms with Crippen molar-refractivity contribution in [2.75, 3.05) is 5.88 Å². The minimum Gasteiger partial charge on any atom is -0.422 e. The predicted molar refractivity (Wildman–Crippen MR) is 52.3 cm³/mol. The molecule has 0 saturated carbocycles. The van der Waals surface area contributed by atoms with Crippen molar-refractivity contribution in [1.82, 2.24) is 0 Å². The highest BCUT2D eigenvalue weighted by molar-refractivity contribution is 6.61. The second-order valence-corrected chi connectivity index (χ2v) is 3.83. The predicted octanol–water partition coefficient (Wildman–Crippen LogP) is 3.13. The summed E-state index contributed by atoms with van der Waals surface area (Å²) in [6, 6.07) is 0. The van der Waals surface area contributed by atoms with Crippen molar-refractivity contribution >= 4 is 28.6 Å². The Kier molecular flexibility index (Phi) is 5.68. The summed E-state index contributed by atoms with van der Waals surface area (Å²) in [5.74, 6) is -0.490. The molecule has 0 fully saturated rings. The van der Waals surface area contributed by atoms with Crippen LogP contribution in [0.3, 0.4) is 0 Å².